The summed E-state index contributed by atoms with van der Waals surface area (Å²) < 4.78 is 0. The molecule has 0 aliphatic carbocycles. The van der Waals surface area contributed by atoms with E-state index in [0.717, 1.165) is 6.42 Å². The Bertz CT molecular complexity index is 152. The lowest BCUT2D eigenvalue weighted by Crippen LogP contribution is -2.17. The summed E-state index contributed by atoms with van der Waals surface area (Å²) >= 11 is 4.34. The Morgan fingerprint density at radius 2 is 2.50 bits per heavy atom. The van der Waals surface area contributed by atoms with Gasteiger partial charge >= 0.3 is 0 Å². The molecule has 0 heterocycles. The minimum Gasteiger partial charge on any atom is -0.359 e. The molecule has 10 heavy (non-hydrogen) atoms. The van der Waals surface area contributed by atoms with Crippen molar-refractivity contribution >= 4 is 23.3 Å². The summed E-state index contributed by atoms with van der Waals surface area (Å²) in [5.41, 5.74) is 0. The highest BCUT2D eigenvalue weighted by atomic mass is 32.1. The summed E-state index contributed by atoms with van der Waals surface area (Å²) in [7, 11) is 1.62. The third-order valence-electron chi connectivity index (χ3n) is 1.02. The van der Waals surface area contributed by atoms with Gasteiger partial charge < -0.3 is 5.32 Å². The first kappa shape index (κ1) is 9.27. The zero-order valence-corrected chi connectivity index (χ0v) is 6.70. The quantitative estimate of drug-likeness (QED) is 0.370. The Morgan fingerprint density at radius 3 is 3.00 bits per heavy atom. The van der Waals surface area contributed by atoms with Gasteiger partial charge in [0, 0.05) is 20.0 Å². The Morgan fingerprint density at radius 1 is 1.80 bits per heavy atom. The van der Waals surface area contributed by atoms with Crippen molar-refractivity contribution in [3.8, 4) is 0 Å². The summed E-state index contributed by atoms with van der Waals surface area (Å²) in [5, 5.41) is 4.75. The van der Waals surface area contributed by atoms with E-state index in [1.165, 1.54) is 0 Å². The van der Waals surface area contributed by atoms with Crippen LogP contribution in [0.2, 0.25) is 0 Å². The van der Waals surface area contributed by atoms with Crippen molar-refractivity contribution in [1.29, 1.82) is 0 Å². The molecule has 0 fully saturated rings. The monoisotopic (exact) mass is 158 g/mol. The fraction of sp³-hybridized carbons (Fsp3) is 0.667. The molecule has 1 N–H and O–H groups in total. The van der Waals surface area contributed by atoms with Gasteiger partial charge in [0.25, 0.3) is 0 Å². The molecule has 0 aliphatic heterocycles. The molecule has 0 aromatic rings. The average molecular weight is 158 g/mol. The van der Waals surface area contributed by atoms with Crippen molar-refractivity contribution in [3.63, 3.8) is 0 Å². The molecular weight excluding hydrogens is 148 g/mol. The topological polar surface area (TPSA) is 41.5 Å². The Hall–Kier alpha value is -0.730. The Kier molecular flexibility index (Phi) is 5.92. The number of hydrogen-bond donors (Lipinski definition) is 1. The van der Waals surface area contributed by atoms with Gasteiger partial charge in [-0.3, -0.25) is 4.79 Å². The van der Waals surface area contributed by atoms with Crippen LogP contribution in [0.25, 0.3) is 0 Å². The number of carbonyl (C=O) groups is 1. The molecule has 0 unspecified atom stereocenters. The summed E-state index contributed by atoms with van der Waals surface area (Å²) in [6.07, 6.45) is 1.25. The Labute approximate surface area is 65.5 Å². The number of aliphatic imine (C=N–C) groups is 1. The van der Waals surface area contributed by atoms with Crippen LogP contribution in [-0.2, 0) is 4.79 Å². The molecule has 0 saturated heterocycles. The molecule has 4 heteroatoms. The molecule has 0 bridgehead atoms. The number of nitrogens with one attached hydrogen (secondary N) is 1. The van der Waals surface area contributed by atoms with Crippen LogP contribution in [0.3, 0.4) is 0 Å². The molecule has 0 radical (unpaired) electrons. The number of carbonyl (C=O) groups excluding carboxylic acids is 1. The van der Waals surface area contributed by atoms with Crippen LogP contribution in [0, 0.1) is 0 Å². The highest BCUT2D eigenvalue weighted by Crippen LogP contribution is 1.87. The fourth-order valence-corrected chi connectivity index (χ4v) is 0.581. The van der Waals surface area contributed by atoms with Gasteiger partial charge in [-0.1, -0.05) is 0 Å². The second kappa shape index (κ2) is 6.39. The van der Waals surface area contributed by atoms with E-state index in [0.29, 0.717) is 13.0 Å². The smallest absolute Gasteiger partial charge is 0.219 e. The number of isothiocyanates is 1. The standard InChI is InChI=1S/C6H10N2OS/c1-7-6(9)3-2-4-8-5-10/h2-4H2,1H3,(H,7,9). The molecule has 0 aliphatic rings. The number of thiocarbonyl (C=S) groups is 1. The number of nitrogens with zero attached hydrogens (tertiary/aromatic N) is 1. The zero-order chi connectivity index (χ0) is 7.82. The SMILES string of the molecule is CNC(=O)CCCN=C=S. The van der Waals surface area contributed by atoms with E-state index >= 15 is 0 Å². The van der Waals surface area contributed by atoms with Crippen molar-refractivity contribution in [2.75, 3.05) is 13.6 Å². The third kappa shape index (κ3) is 5.41. The van der Waals surface area contributed by atoms with E-state index in [1.807, 2.05) is 0 Å². The first-order valence-corrected chi connectivity index (χ1v) is 3.46. The summed E-state index contributed by atoms with van der Waals surface area (Å²) in [6, 6.07) is 0. The van der Waals surface area contributed by atoms with Gasteiger partial charge in [0.2, 0.25) is 5.91 Å². The molecule has 0 saturated carbocycles. The number of amides is 1. The van der Waals surface area contributed by atoms with Crippen molar-refractivity contribution in [2.45, 2.75) is 12.8 Å². The van der Waals surface area contributed by atoms with E-state index in [2.05, 4.69) is 27.7 Å². The van der Waals surface area contributed by atoms with Gasteiger partial charge in [-0.05, 0) is 18.6 Å². The van der Waals surface area contributed by atoms with Crippen LogP contribution in [0.4, 0.5) is 0 Å². The van der Waals surface area contributed by atoms with Crippen LogP contribution < -0.4 is 5.32 Å². The molecule has 0 spiro atoms. The second-order valence-corrected chi connectivity index (χ2v) is 1.93. The van der Waals surface area contributed by atoms with Gasteiger partial charge in [0.15, 0.2) is 0 Å². The molecule has 3 nitrogen and oxygen atoms in total. The number of rotatable bonds is 4. The van der Waals surface area contributed by atoms with E-state index in [9.17, 15) is 4.79 Å². The van der Waals surface area contributed by atoms with Crippen LogP contribution in [-0.4, -0.2) is 24.7 Å². The van der Waals surface area contributed by atoms with Gasteiger partial charge in [-0.15, -0.1) is 0 Å². The maximum atomic E-state index is 10.6. The zero-order valence-electron chi connectivity index (χ0n) is 5.89. The third-order valence-corrected chi connectivity index (χ3v) is 1.15. The highest BCUT2D eigenvalue weighted by Gasteiger charge is 1.94. The van der Waals surface area contributed by atoms with Gasteiger partial charge in [0.05, 0.1) is 5.16 Å². The summed E-state index contributed by atoms with van der Waals surface area (Å²) in [4.78, 5) is 14.2. The second-order valence-electron chi connectivity index (χ2n) is 1.75. The van der Waals surface area contributed by atoms with E-state index in [1.54, 1.807) is 7.05 Å². The maximum absolute atomic E-state index is 10.6. The minimum absolute atomic E-state index is 0.0413. The summed E-state index contributed by atoms with van der Waals surface area (Å²) in [6.45, 7) is 0.594. The lowest BCUT2D eigenvalue weighted by Gasteiger charge is -1.94. The van der Waals surface area contributed by atoms with Crippen LogP contribution >= 0.6 is 12.2 Å². The first-order chi connectivity index (χ1) is 4.81. The van der Waals surface area contributed by atoms with Gasteiger partial charge in [-0.25, -0.2) is 4.99 Å². The molecule has 1 amide bonds. The Balaban J connectivity index is 3.19. The molecule has 0 rings (SSSR count). The minimum atomic E-state index is 0.0413. The predicted octanol–water partition coefficient (Wildman–Crippen LogP) is 0.615. The average Bonchev–Trinajstić information content (AvgIpc) is 1.98. The normalized spacial score (nSPS) is 8.10. The van der Waals surface area contributed by atoms with Crippen molar-refractivity contribution in [3.05, 3.63) is 0 Å². The predicted molar refractivity (Wildman–Crippen MR) is 43.2 cm³/mol. The van der Waals surface area contributed by atoms with Crippen molar-refractivity contribution in [1.82, 2.24) is 5.32 Å². The maximum Gasteiger partial charge on any atom is 0.219 e. The largest absolute Gasteiger partial charge is 0.359 e. The van der Waals surface area contributed by atoms with Crippen LogP contribution in [0.5, 0.6) is 0 Å². The molecule has 56 valence electrons. The molecule has 0 aromatic heterocycles. The van der Waals surface area contributed by atoms with Crippen LogP contribution in [0.15, 0.2) is 4.99 Å². The molecule has 0 atom stereocenters. The van der Waals surface area contributed by atoms with Crippen LogP contribution in [0.1, 0.15) is 12.8 Å². The molecular formula is C6H10N2OS. The van der Waals surface area contributed by atoms with E-state index in [-0.39, 0.29) is 5.91 Å². The van der Waals surface area contributed by atoms with Gasteiger partial charge in [0.1, 0.15) is 0 Å². The molecule has 0 aromatic carbocycles. The highest BCUT2D eigenvalue weighted by molar-refractivity contribution is 7.78. The first-order valence-electron chi connectivity index (χ1n) is 3.05. The number of hydrogen-bond acceptors (Lipinski definition) is 3. The summed E-state index contributed by atoms with van der Waals surface area (Å²) in [5.74, 6) is 0.0413. The van der Waals surface area contributed by atoms with Crippen molar-refractivity contribution in [2.24, 2.45) is 4.99 Å². The van der Waals surface area contributed by atoms with Crippen molar-refractivity contribution < 1.29 is 4.79 Å². The van der Waals surface area contributed by atoms with E-state index in [4.69, 9.17) is 0 Å². The lowest BCUT2D eigenvalue weighted by atomic mass is 10.3. The fourth-order valence-electron chi connectivity index (χ4n) is 0.489. The van der Waals surface area contributed by atoms with E-state index < -0.39 is 0 Å². The van der Waals surface area contributed by atoms with Gasteiger partial charge in [-0.2, -0.15) is 0 Å². The lowest BCUT2D eigenvalue weighted by molar-refractivity contribution is -0.120.